The molecule has 0 unspecified atom stereocenters. The molecule has 2 aliphatic rings. The lowest BCUT2D eigenvalue weighted by Crippen LogP contribution is -2.46. The molecule has 0 aromatic rings. The Morgan fingerprint density at radius 3 is 3.00 bits per heavy atom. The number of thioether (sulfide) groups is 2. The zero-order chi connectivity index (χ0) is 12.3. The summed E-state index contributed by atoms with van der Waals surface area (Å²) in [5.74, 6) is 3.34. The van der Waals surface area contributed by atoms with Crippen LogP contribution in [-0.4, -0.2) is 52.6 Å². The molecule has 1 heterocycles. The minimum Gasteiger partial charge on any atom is -0.341 e. The molecule has 98 valence electrons. The fraction of sp³-hybridized carbons (Fsp3) is 0.917. The fourth-order valence-electron chi connectivity index (χ4n) is 2.64. The van der Waals surface area contributed by atoms with Crippen molar-refractivity contribution >= 4 is 29.4 Å². The van der Waals surface area contributed by atoms with E-state index in [0.29, 0.717) is 11.9 Å². The smallest absolute Gasteiger partial charge is 0.240 e. The molecule has 0 spiro atoms. The van der Waals surface area contributed by atoms with Gasteiger partial charge in [0.25, 0.3) is 0 Å². The van der Waals surface area contributed by atoms with E-state index in [1.54, 1.807) is 0 Å². The minimum atomic E-state index is 0.0582. The van der Waals surface area contributed by atoms with E-state index in [9.17, 15) is 4.79 Å². The summed E-state index contributed by atoms with van der Waals surface area (Å²) in [4.78, 5) is 14.2. The van der Waals surface area contributed by atoms with Crippen LogP contribution >= 0.6 is 23.5 Å². The molecule has 0 aromatic heterocycles. The molecule has 0 bridgehead atoms. The Balaban J connectivity index is 1.83. The van der Waals surface area contributed by atoms with Gasteiger partial charge < -0.3 is 4.90 Å². The molecule has 1 amide bonds. The van der Waals surface area contributed by atoms with E-state index in [2.05, 4.69) is 12.2 Å². The Morgan fingerprint density at radius 1 is 1.53 bits per heavy atom. The molecule has 2 rings (SSSR count). The van der Waals surface area contributed by atoms with E-state index in [0.717, 1.165) is 16.9 Å². The van der Waals surface area contributed by atoms with Gasteiger partial charge in [-0.25, -0.2) is 0 Å². The predicted octanol–water partition coefficient (Wildman–Crippen LogP) is 1.78. The molecule has 0 radical (unpaired) electrons. The van der Waals surface area contributed by atoms with Gasteiger partial charge in [-0.05, 0) is 25.0 Å². The number of hydrogen-bond acceptors (Lipinski definition) is 4. The van der Waals surface area contributed by atoms with Crippen molar-refractivity contribution in [3.05, 3.63) is 0 Å². The molecule has 3 nitrogen and oxygen atoms in total. The first kappa shape index (κ1) is 13.6. The largest absolute Gasteiger partial charge is 0.341 e. The molecular formula is C12H22N2OS2. The van der Waals surface area contributed by atoms with Crippen LogP contribution in [0.5, 0.6) is 0 Å². The van der Waals surface area contributed by atoms with Crippen LogP contribution < -0.4 is 5.32 Å². The Kier molecular flexibility index (Phi) is 5.06. The second kappa shape index (κ2) is 6.34. The number of amides is 1. The van der Waals surface area contributed by atoms with Crippen molar-refractivity contribution in [2.75, 3.05) is 24.4 Å². The lowest BCUT2D eigenvalue weighted by molar-refractivity contribution is -0.133. The maximum Gasteiger partial charge on any atom is 0.240 e. The molecule has 1 N–H and O–H groups in total. The van der Waals surface area contributed by atoms with Crippen molar-refractivity contribution in [2.24, 2.45) is 0 Å². The highest BCUT2D eigenvalue weighted by Crippen LogP contribution is 2.32. The van der Waals surface area contributed by atoms with Crippen molar-refractivity contribution in [1.82, 2.24) is 10.2 Å². The van der Waals surface area contributed by atoms with Gasteiger partial charge in [0.05, 0.1) is 6.04 Å². The molecule has 0 aromatic carbocycles. The van der Waals surface area contributed by atoms with Crippen LogP contribution in [-0.2, 0) is 4.79 Å². The monoisotopic (exact) mass is 274 g/mol. The van der Waals surface area contributed by atoms with E-state index < -0.39 is 0 Å². The summed E-state index contributed by atoms with van der Waals surface area (Å²) in [5, 5.41) is 4.03. The van der Waals surface area contributed by atoms with Crippen LogP contribution in [0.4, 0.5) is 0 Å². The summed E-state index contributed by atoms with van der Waals surface area (Å²) in [6, 6.07) is 0.529. The van der Waals surface area contributed by atoms with Gasteiger partial charge in [-0.15, -0.1) is 11.8 Å². The number of likely N-dealkylation sites (N-methyl/N-ethyl adjacent to an activating group) is 1. The third-order valence-corrected chi connectivity index (χ3v) is 5.84. The zero-order valence-electron chi connectivity index (χ0n) is 10.6. The second-order valence-electron chi connectivity index (χ2n) is 4.77. The van der Waals surface area contributed by atoms with Crippen LogP contribution in [0.1, 0.15) is 26.2 Å². The highest BCUT2D eigenvalue weighted by molar-refractivity contribution is 8.00. The summed E-state index contributed by atoms with van der Waals surface area (Å²) in [6.07, 6.45) is 3.63. The third kappa shape index (κ3) is 3.32. The summed E-state index contributed by atoms with van der Waals surface area (Å²) in [6.45, 7) is 2.21. The molecule has 1 aliphatic carbocycles. The first-order chi connectivity index (χ1) is 8.22. The van der Waals surface area contributed by atoms with Crippen LogP contribution in [0.2, 0.25) is 0 Å². The van der Waals surface area contributed by atoms with Crippen molar-refractivity contribution < 1.29 is 4.79 Å². The molecule has 3 atom stereocenters. The molecule has 1 saturated heterocycles. The number of rotatable bonds is 4. The van der Waals surface area contributed by atoms with E-state index >= 15 is 0 Å². The van der Waals surface area contributed by atoms with Gasteiger partial charge in [-0.2, -0.15) is 11.8 Å². The highest BCUT2D eigenvalue weighted by Gasteiger charge is 2.33. The number of carbonyl (C=O) groups is 1. The van der Waals surface area contributed by atoms with Crippen molar-refractivity contribution in [1.29, 1.82) is 0 Å². The average Bonchev–Trinajstić information content (AvgIpc) is 2.98. The van der Waals surface area contributed by atoms with Gasteiger partial charge in [-0.1, -0.05) is 6.92 Å². The molecule has 1 aliphatic heterocycles. The van der Waals surface area contributed by atoms with Crippen LogP contribution in [0.25, 0.3) is 0 Å². The number of hydrogen-bond donors (Lipinski definition) is 1. The summed E-state index contributed by atoms with van der Waals surface area (Å²) < 4.78 is 0. The molecule has 17 heavy (non-hydrogen) atoms. The first-order valence-corrected chi connectivity index (χ1v) is 8.62. The Bertz CT molecular complexity index is 269. The average molecular weight is 274 g/mol. The van der Waals surface area contributed by atoms with Crippen molar-refractivity contribution in [2.45, 2.75) is 43.5 Å². The predicted molar refractivity (Wildman–Crippen MR) is 76.6 cm³/mol. The molecular weight excluding hydrogens is 252 g/mol. The SMILES string of the molecule is CCS[C@@H]1CC[C@@H](N(C)C(=O)[C@H]2CSCN2)C1. The second-order valence-corrected chi connectivity index (χ2v) is 7.37. The van der Waals surface area contributed by atoms with Crippen LogP contribution in [0.15, 0.2) is 0 Å². The van der Waals surface area contributed by atoms with E-state index in [1.165, 1.54) is 25.0 Å². The standard InChI is InChI=1S/C12H22N2OS2/c1-3-17-10-5-4-9(6-10)14(2)12(15)11-7-16-8-13-11/h9-11,13H,3-8H2,1-2H3/t9-,10-,11-/m1/s1. The Labute approximate surface area is 112 Å². The van der Waals surface area contributed by atoms with E-state index in [1.807, 2.05) is 35.5 Å². The number of carbonyl (C=O) groups excluding carboxylic acids is 1. The lowest BCUT2D eigenvalue weighted by atomic mass is 10.2. The summed E-state index contributed by atoms with van der Waals surface area (Å²) in [5.41, 5.74) is 0. The van der Waals surface area contributed by atoms with Gasteiger partial charge in [0.2, 0.25) is 5.91 Å². The van der Waals surface area contributed by atoms with Gasteiger partial charge in [0.1, 0.15) is 0 Å². The summed E-state index contributed by atoms with van der Waals surface area (Å²) in [7, 11) is 1.98. The molecule has 2 fully saturated rings. The van der Waals surface area contributed by atoms with Gasteiger partial charge in [0.15, 0.2) is 0 Å². The van der Waals surface area contributed by atoms with E-state index in [-0.39, 0.29) is 6.04 Å². The minimum absolute atomic E-state index is 0.0582. The zero-order valence-corrected chi connectivity index (χ0v) is 12.3. The van der Waals surface area contributed by atoms with Crippen LogP contribution in [0, 0.1) is 0 Å². The highest BCUT2D eigenvalue weighted by atomic mass is 32.2. The van der Waals surface area contributed by atoms with E-state index in [4.69, 9.17) is 0 Å². The number of nitrogens with one attached hydrogen (secondary N) is 1. The van der Waals surface area contributed by atoms with Crippen molar-refractivity contribution in [3.8, 4) is 0 Å². The maximum absolute atomic E-state index is 12.2. The molecule has 5 heteroatoms. The maximum atomic E-state index is 12.2. The summed E-state index contributed by atoms with van der Waals surface area (Å²) >= 11 is 3.86. The Hall–Kier alpha value is 0.130. The van der Waals surface area contributed by atoms with Gasteiger partial charge >= 0.3 is 0 Å². The van der Waals surface area contributed by atoms with Crippen LogP contribution in [0.3, 0.4) is 0 Å². The number of nitrogens with zero attached hydrogens (tertiary/aromatic N) is 1. The topological polar surface area (TPSA) is 32.3 Å². The Morgan fingerprint density at radius 2 is 2.35 bits per heavy atom. The first-order valence-electron chi connectivity index (χ1n) is 6.41. The van der Waals surface area contributed by atoms with Gasteiger partial charge in [-0.3, -0.25) is 10.1 Å². The van der Waals surface area contributed by atoms with Crippen molar-refractivity contribution in [3.63, 3.8) is 0 Å². The third-order valence-electron chi connectivity index (χ3n) is 3.67. The molecule has 1 saturated carbocycles. The fourth-order valence-corrected chi connectivity index (χ4v) is 4.70. The quantitative estimate of drug-likeness (QED) is 0.847. The lowest BCUT2D eigenvalue weighted by Gasteiger charge is -2.27. The normalized spacial score (nSPS) is 32.9. The van der Waals surface area contributed by atoms with Gasteiger partial charge in [0, 0.05) is 30.0 Å².